The third-order valence-electron chi connectivity index (χ3n) is 2.19. The Hall–Kier alpha value is -2.08. The van der Waals surface area contributed by atoms with Gasteiger partial charge in [0.2, 0.25) is 5.91 Å². The number of carbonyl (C=O) groups excluding carboxylic acids is 2. The molecule has 1 rings (SSSR count). The standard InChI is InChI=1S/C12H16N2O4/c1-18-7-6-13-11(16)8-14-12(17)9-4-2-3-5-10(9)15/h2-5,15H,6-8H2,1H3,(H,13,16)(H,14,17). The highest BCUT2D eigenvalue weighted by atomic mass is 16.5. The maximum absolute atomic E-state index is 11.6. The first-order chi connectivity index (χ1) is 8.65. The molecule has 6 nitrogen and oxygen atoms in total. The van der Waals surface area contributed by atoms with E-state index in [4.69, 9.17) is 4.74 Å². The number of rotatable bonds is 6. The van der Waals surface area contributed by atoms with E-state index >= 15 is 0 Å². The summed E-state index contributed by atoms with van der Waals surface area (Å²) < 4.78 is 4.77. The van der Waals surface area contributed by atoms with Gasteiger partial charge in [-0.15, -0.1) is 0 Å². The van der Waals surface area contributed by atoms with E-state index in [-0.39, 0.29) is 23.8 Å². The van der Waals surface area contributed by atoms with Gasteiger partial charge in [0.05, 0.1) is 18.7 Å². The smallest absolute Gasteiger partial charge is 0.255 e. The van der Waals surface area contributed by atoms with Crippen molar-refractivity contribution in [2.24, 2.45) is 0 Å². The summed E-state index contributed by atoms with van der Waals surface area (Å²) >= 11 is 0. The minimum Gasteiger partial charge on any atom is -0.507 e. The topological polar surface area (TPSA) is 87.7 Å². The van der Waals surface area contributed by atoms with Gasteiger partial charge in [0, 0.05) is 13.7 Å². The number of methoxy groups -OCH3 is 1. The minimum absolute atomic E-state index is 0.116. The Kier molecular flexibility index (Phi) is 5.66. The van der Waals surface area contributed by atoms with E-state index in [1.807, 2.05) is 0 Å². The number of para-hydroxylation sites is 1. The van der Waals surface area contributed by atoms with E-state index in [1.54, 1.807) is 12.1 Å². The van der Waals surface area contributed by atoms with E-state index in [9.17, 15) is 14.7 Å². The molecule has 0 unspecified atom stereocenters. The van der Waals surface area contributed by atoms with Crippen molar-refractivity contribution in [2.75, 3.05) is 26.8 Å². The number of aromatic hydroxyl groups is 1. The molecule has 0 fully saturated rings. The molecule has 0 spiro atoms. The van der Waals surface area contributed by atoms with Gasteiger partial charge in [-0.05, 0) is 12.1 Å². The van der Waals surface area contributed by atoms with Gasteiger partial charge >= 0.3 is 0 Å². The van der Waals surface area contributed by atoms with Crippen molar-refractivity contribution in [1.82, 2.24) is 10.6 Å². The molecule has 0 aliphatic carbocycles. The Bertz CT molecular complexity index is 420. The Morgan fingerprint density at radius 2 is 2.00 bits per heavy atom. The number of nitrogens with one attached hydrogen (secondary N) is 2. The average molecular weight is 252 g/mol. The molecule has 0 saturated carbocycles. The molecule has 0 aliphatic rings. The van der Waals surface area contributed by atoms with Crippen LogP contribution in [0, 0.1) is 0 Å². The van der Waals surface area contributed by atoms with Crippen molar-refractivity contribution in [1.29, 1.82) is 0 Å². The average Bonchev–Trinajstić information content (AvgIpc) is 2.37. The van der Waals surface area contributed by atoms with Crippen molar-refractivity contribution in [2.45, 2.75) is 0 Å². The number of hydrogen-bond acceptors (Lipinski definition) is 4. The van der Waals surface area contributed by atoms with Crippen LogP contribution in [0.1, 0.15) is 10.4 Å². The van der Waals surface area contributed by atoms with Gasteiger partial charge in [-0.1, -0.05) is 12.1 Å². The molecule has 2 amide bonds. The predicted octanol–water partition coefficient (Wildman–Crippen LogP) is -0.115. The van der Waals surface area contributed by atoms with Crippen LogP contribution in [0.15, 0.2) is 24.3 Å². The molecule has 0 bridgehead atoms. The van der Waals surface area contributed by atoms with Crippen molar-refractivity contribution in [3.8, 4) is 5.75 Å². The second-order valence-electron chi connectivity index (χ2n) is 3.54. The summed E-state index contributed by atoms with van der Waals surface area (Å²) in [5, 5.41) is 14.4. The van der Waals surface area contributed by atoms with Crippen molar-refractivity contribution < 1.29 is 19.4 Å². The summed E-state index contributed by atoms with van der Waals surface area (Å²) in [6, 6.07) is 6.14. The Morgan fingerprint density at radius 1 is 1.28 bits per heavy atom. The highest BCUT2D eigenvalue weighted by Gasteiger charge is 2.10. The third-order valence-corrected chi connectivity index (χ3v) is 2.19. The zero-order valence-electron chi connectivity index (χ0n) is 10.1. The van der Waals surface area contributed by atoms with Crippen LogP contribution < -0.4 is 10.6 Å². The second-order valence-corrected chi connectivity index (χ2v) is 3.54. The summed E-state index contributed by atoms with van der Waals surface area (Å²) in [6.07, 6.45) is 0. The highest BCUT2D eigenvalue weighted by Crippen LogP contribution is 2.14. The van der Waals surface area contributed by atoms with Crippen molar-refractivity contribution >= 4 is 11.8 Å². The first-order valence-electron chi connectivity index (χ1n) is 5.47. The Balaban J connectivity index is 2.38. The van der Waals surface area contributed by atoms with Gasteiger partial charge in [-0.3, -0.25) is 9.59 Å². The third kappa shape index (κ3) is 4.42. The van der Waals surface area contributed by atoms with Crippen LogP contribution in [0.3, 0.4) is 0 Å². The first kappa shape index (κ1) is 14.0. The number of carbonyl (C=O) groups is 2. The van der Waals surface area contributed by atoms with E-state index in [2.05, 4.69) is 10.6 Å². The van der Waals surface area contributed by atoms with Crippen LogP contribution in [0.4, 0.5) is 0 Å². The van der Waals surface area contributed by atoms with Gasteiger partial charge in [-0.2, -0.15) is 0 Å². The summed E-state index contributed by atoms with van der Waals surface area (Å²) in [4.78, 5) is 22.9. The van der Waals surface area contributed by atoms with Crippen LogP contribution in [-0.2, 0) is 9.53 Å². The van der Waals surface area contributed by atoms with Crippen LogP contribution in [-0.4, -0.2) is 43.7 Å². The van der Waals surface area contributed by atoms with Crippen LogP contribution in [0.2, 0.25) is 0 Å². The highest BCUT2D eigenvalue weighted by molar-refractivity contribution is 5.98. The largest absolute Gasteiger partial charge is 0.507 e. The van der Waals surface area contributed by atoms with Crippen molar-refractivity contribution in [3.63, 3.8) is 0 Å². The molecule has 0 atom stereocenters. The lowest BCUT2D eigenvalue weighted by Crippen LogP contribution is -2.38. The molecule has 98 valence electrons. The lowest BCUT2D eigenvalue weighted by atomic mass is 10.2. The minimum atomic E-state index is -0.491. The molecule has 0 aliphatic heterocycles. The number of phenolic OH excluding ortho intramolecular Hbond substituents is 1. The summed E-state index contributed by atoms with van der Waals surface area (Å²) in [7, 11) is 1.53. The van der Waals surface area contributed by atoms with Crippen molar-refractivity contribution in [3.05, 3.63) is 29.8 Å². The molecule has 0 saturated heterocycles. The summed E-state index contributed by atoms with van der Waals surface area (Å²) in [5.74, 6) is -0.916. The van der Waals surface area contributed by atoms with E-state index in [0.29, 0.717) is 13.2 Å². The molecule has 6 heteroatoms. The number of benzene rings is 1. The molecular formula is C12H16N2O4. The fraction of sp³-hybridized carbons (Fsp3) is 0.333. The van der Waals surface area contributed by atoms with E-state index in [1.165, 1.54) is 19.2 Å². The second kappa shape index (κ2) is 7.29. The van der Waals surface area contributed by atoms with Gasteiger partial charge in [-0.25, -0.2) is 0 Å². The molecule has 0 radical (unpaired) electrons. The number of ether oxygens (including phenoxy) is 1. The van der Waals surface area contributed by atoms with E-state index in [0.717, 1.165) is 0 Å². The lowest BCUT2D eigenvalue weighted by Gasteiger charge is -2.07. The quantitative estimate of drug-likeness (QED) is 0.616. The van der Waals surface area contributed by atoms with Gasteiger partial charge < -0.3 is 20.5 Å². The number of phenols is 1. The maximum atomic E-state index is 11.6. The fourth-order valence-electron chi connectivity index (χ4n) is 1.28. The van der Waals surface area contributed by atoms with Gasteiger partial charge in [0.1, 0.15) is 5.75 Å². The number of hydrogen-bond donors (Lipinski definition) is 3. The normalized spacial score (nSPS) is 9.83. The molecule has 3 N–H and O–H groups in total. The zero-order valence-corrected chi connectivity index (χ0v) is 10.1. The van der Waals surface area contributed by atoms with Gasteiger partial charge in [0.25, 0.3) is 5.91 Å². The maximum Gasteiger partial charge on any atom is 0.255 e. The predicted molar refractivity (Wildman–Crippen MR) is 65.3 cm³/mol. The molecule has 18 heavy (non-hydrogen) atoms. The summed E-state index contributed by atoms with van der Waals surface area (Å²) in [5.41, 5.74) is 0.141. The SMILES string of the molecule is COCCNC(=O)CNC(=O)c1ccccc1O. The zero-order chi connectivity index (χ0) is 13.4. The Morgan fingerprint density at radius 3 is 2.67 bits per heavy atom. The first-order valence-corrected chi connectivity index (χ1v) is 5.47. The summed E-state index contributed by atoms with van der Waals surface area (Å²) in [6.45, 7) is 0.665. The van der Waals surface area contributed by atoms with Crippen LogP contribution in [0.5, 0.6) is 5.75 Å². The molecule has 0 heterocycles. The van der Waals surface area contributed by atoms with E-state index < -0.39 is 5.91 Å². The molecular weight excluding hydrogens is 236 g/mol. The monoisotopic (exact) mass is 252 g/mol. The molecule has 1 aromatic rings. The molecule has 1 aromatic carbocycles. The van der Waals surface area contributed by atoms with Crippen LogP contribution in [0.25, 0.3) is 0 Å². The lowest BCUT2D eigenvalue weighted by molar-refractivity contribution is -0.120. The Labute approximate surface area is 105 Å². The van der Waals surface area contributed by atoms with Gasteiger partial charge in [0.15, 0.2) is 0 Å². The van der Waals surface area contributed by atoms with Crippen LogP contribution >= 0.6 is 0 Å². The molecule has 0 aromatic heterocycles. The number of amides is 2. The fourth-order valence-corrected chi connectivity index (χ4v) is 1.28.